The van der Waals surface area contributed by atoms with Crippen LogP contribution in [0.3, 0.4) is 0 Å². The fourth-order valence-electron chi connectivity index (χ4n) is 1.01. The molecule has 0 aliphatic rings. The summed E-state index contributed by atoms with van der Waals surface area (Å²) in [4.78, 5) is 0.863. The Balaban J connectivity index is 3.14. The minimum Gasteiger partial charge on any atom is -0.398 e. The van der Waals surface area contributed by atoms with E-state index in [2.05, 4.69) is 39.5 Å². The smallest absolute Gasteiger partial charge is 0.0449 e. The van der Waals surface area contributed by atoms with E-state index in [1.807, 2.05) is 12.1 Å². The number of thiol groups is 1. The van der Waals surface area contributed by atoms with Crippen molar-refractivity contribution in [3.63, 3.8) is 0 Å². The van der Waals surface area contributed by atoms with Crippen molar-refractivity contribution in [1.29, 1.82) is 0 Å². The van der Waals surface area contributed by atoms with Gasteiger partial charge in [-0.05, 0) is 23.1 Å². The van der Waals surface area contributed by atoms with Gasteiger partial charge in [0.05, 0.1) is 0 Å². The van der Waals surface area contributed by atoms with Crippen LogP contribution in [0.1, 0.15) is 26.3 Å². The van der Waals surface area contributed by atoms with Gasteiger partial charge >= 0.3 is 0 Å². The van der Waals surface area contributed by atoms with Gasteiger partial charge in [-0.25, -0.2) is 0 Å². The molecule has 0 saturated heterocycles. The largest absolute Gasteiger partial charge is 0.398 e. The predicted molar refractivity (Wildman–Crippen MR) is 56.8 cm³/mol. The monoisotopic (exact) mass is 181 g/mol. The van der Waals surface area contributed by atoms with Gasteiger partial charge in [-0.15, -0.1) is 12.6 Å². The van der Waals surface area contributed by atoms with Crippen LogP contribution < -0.4 is 5.73 Å². The molecule has 2 N–H and O–H groups in total. The molecule has 1 aromatic rings. The second-order valence-corrected chi connectivity index (χ2v) is 4.51. The molecule has 0 amide bonds. The van der Waals surface area contributed by atoms with E-state index >= 15 is 0 Å². The zero-order chi connectivity index (χ0) is 9.35. The van der Waals surface area contributed by atoms with Crippen LogP contribution in [0, 0.1) is 0 Å². The van der Waals surface area contributed by atoms with Crippen LogP contribution in [0.15, 0.2) is 23.1 Å². The molecule has 2 heteroatoms. The van der Waals surface area contributed by atoms with Crippen LogP contribution in [0.4, 0.5) is 5.69 Å². The fourth-order valence-corrected chi connectivity index (χ4v) is 1.22. The molecule has 0 saturated carbocycles. The Labute approximate surface area is 79.4 Å². The topological polar surface area (TPSA) is 26.0 Å². The number of rotatable bonds is 0. The lowest BCUT2D eigenvalue weighted by Gasteiger charge is -2.19. The number of hydrogen-bond acceptors (Lipinski definition) is 2. The Kier molecular flexibility index (Phi) is 2.38. The third-order valence-electron chi connectivity index (χ3n) is 1.90. The molecule has 0 fully saturated rings. The summed E-state index contributed by atoms with van der Waals surface area (Å²) < 4.78 is 0. The van der Waals surface area contributed by atoms with E-state index in [1.165, 1.54) is 5.56 Å². The summed E-state index contributed by atoms with van der Waals surface area (Å²) in [5.74, 6) is 0. The lowest BCUT2D eigenvalue weighted by atomic mass is 9.87. The average molecular weight is 181 g/mol. The van der Waals surface area contributed by atoms with Crippen LogP contribution in [0.2, 0.25) is 0 Å². The Morgan fingerprint density at radius 2 is 1.83 bits per heavy atom. The molecule has 0 aliphatic heterocycles. The van der Waals surface area contributed by atoms with Crippen molar-refractivity contribution >= 4 is 18.3 Å². The highest BCUT2D eigenvalue weighted by Gasteiger charge is 2.13. The van der Waals surface area contributed by atoms with Crippen molar-refractivity contribution < 1.29 is 0 Å². The van der Waals surface area contributed by atoms with E-state index in [0.717, 1.165) is 10.6 Å². The average Bonchev–Trinajstić information content (AvgIpc) is 1.92. The van der Waals surface area contributed by atoms with Crippen LogP contribution in [-0.2, 0) is 5.41 Å². The van der Waals surface area contributed by atoms with Crippen molar-refractivity contribution in [2.24, 2.45) is 0 Å². The Morgan fingerprint density at radius 1 is 1.25 bits per heavy atom. The number of nitrogens with two attached hydrogens (primary N) is 1. The van der Waals surface area contributed by atoms with Crippen molar-refractivity contribution in [2.45, 2.75) is 31.1 Å². The second-order valence-electron chi connectivity index (χ2n) is 4.02. The lowest BCUT2D eigenvalue weighted by molar-refractivity contribution is 0.589. The molecule has 0 unspecified atom stereocenters. The van der Waals surface area contributed by atoms with Gasteiger partial charge in [-0.3, -0.25) is 0 Å². The van der Waals surface area contributed by atoms with Gasteiger partial charge in [0, 0.05) is 10.6 Å². The first-order valence-electron chi connectivity index (χ1n) is 4.00. The van der Waals surface area contributed by atoms with Crippen molar-refractivity contribution in [3.8, 4) is 0 Å². The molecule has 0 radical (unpaired) electrons. The van der Waals surface area contributed by atoms with Gasteiger partial charge in [0.1, 0.15) is 0 Å². The number of anilines is 1. The highest BCUT2D eigenvalue weighted by molar-refractivity contribution is 7.80. The maximum absolute atomic E-state index is 5.66. The Hall–Kier alpha value is -0.630. The maximum atomic E-state index is 5.66. The maximum Gasteiger partial charge on any atom is 0.0449 e. The molecule has 1 aromatic carbocycles. The van der Waals surface area contributed by atoms with E-state index in [4.69, 9.17) is 5.73 Å². The first-order valence-corrected chi connectivity index (χ1v) is 4.45. The third kappa shape index (κ3) is 1.95. The van der Waals surface area contributed by atoms with Crippen LogP contribution in [0.25, 0.3) is 0 Å². The second kappa shape index (κ2) is 3.02. The summed E-state index contributed by atoms with van der Waals surface area (Å²) >= 11 is 4.27. The molecule has 1 nitrogen and oxygen atoms in total. The molecule has 12 heavy (non-hydrogen) atoms. The molecule has 1 rings (SSSR count). The minimum absolute atomic E-state index is 0.172. The van der Waals surface area contributed by atoms with E-state index in [0.29, 0.717) is 0 Å². The summed E-state index contributed by atoms with van der Waals surface area (Å²) in [6.07, 6.45) is 0. The van der Waals surface area contributed by atoms with Crippen LogP contribution in [-0.4, -0.2) is 0 Å². The van der Waals surface area contributed by atoms with E-state index in [9.17, 15) is 0 Å². The number of hydrogen-bond donors (Lipinski definition) is 2. The normalized spacial score (nSPS) is 11.7. The molecular formula is C10H15NS. The van der Waals surface area contributed by atoms with Crippen molar-refractivity contribution in [2.75, 3.05) is 5.73 Å². The Morgan fingerprint density at radius 3 is 2.25 bits per heavy atom. The van der Waals surface area contributed by atoms with Crippen LogP contribution in [0.5, 0.6) is 0 Å². The summed E-state index contributed by atoms with van der Waals surface area (Å²) in [5, 5.41) is 0. The van der Waals surface area contributed by atoms with Gasteiger partial charge in [0.2, 0.25) is 0 Å². The van der Waals surface area contributed by atoms with Gasteiger partial charge in [0.15, 0.2) is 0 Å². The zero-order valence-corrected chi connectivity index (χ0v) is 8.65. The minimum atomic E-state index is 0.172. The SMILES string of the molecule is CC(C)(C)c1ccc(N)c(S)c1. The standard InChI is InChI=1S/C10H15NS/c1-10(2,3)7-4-5-8(11)9(12)6-7/h4-6,12H,11H2,1-3H3. The van der Waals surface area contributed by atoms with E-state index in [1.54, 1.807) is 0 Å². The van der Waals surface area contributed by atoms with Crippen molar-refractivity contribution in [3.05, 3.63) is 23.8 Å². The molecule has 0 aliphatic carbocycles. The predicted octanol–water partition coefficient (Wildman–Crippen LogP) is 2.86. The van der Waals surface area contributed by atoms with E-state index < -0.39 is 0 Å². The van der Waals surface area contributed by atoms with Gasteiger partial charge in [0.25, 0.3) is 0 Å². The summed E-state index contributed by atoms with van der Waals surface area (Å²) in [5.41, 5.74) is 7.83. The van der Waals surface area contributed by atoms with Gasteiger partial charge in [-0.1, -0.05) is 26.8 Å². The quantitative estimate of drug-likeness (QED) is 0.467. The molecule has 66 valence electrons. The van der Waals surface area contributed by atoms with Gasteiger partial charge in [-0.2, -0.15) is 0 Å². The molecular weight excluding hydrogens is 166 g/mol. The summed E-state index contributed by atoms with van der Waals surface area (Å²) in [6, 6.07) is 5.98. The van der Waals surface area contributed by atoms with Crippen LogP contribution >= 0.6 is 12.6 Å². The summed E-state index contributed by atoms with van der Waals surface area (Å²) in [6.45, 7) is 6.52. The molecule has 0 spiro atoms. The van der Waals surface area contributed by atoms with Crippen molar-refractivity contribution in [1.82, 2.24) is 0 Å². The Bertz CT molecular complexity index is 286. The lowest BCUT2D eigenvalue weighted by Crippen LogP contribution is -2.11. The first kappa shape index (κ1) is 9.46. The van der Waals surface area contributed by atoms with E-state index in [-0.39, 0.29) is 5.41 Å². The molecule has 0 aromatic heterocycles. The first-order chi connectivity index (χ1) is 5.41. The molecule has 0 bridgehead atoms. The summed E-state index contributed by atoms with van der Waals surface area (Å²) in [7, 11) is 0. The zero-order valence-electron chi connectivity index (χ0n) is 7.76. The molecule has 0 heterocycles. The molecule has 0 atom stereocenters. The fraction of sp³-hybridized carbons (Fsp3) is 0.400. The third-order valence-corrected chi connectivity index (χ3v) is 2.28. The highest BCUT2D eigenvalue weighted by atomic mass is 32.1. The number of nitrogen functional groups attached to an aromatic ring is 1. The highest BCUT2D eigenvalue weighted by Crippen LogP contribution is 2.26. The van der Waals surface area contributed by atoms with Gasteiger partial charge < -0.3 is 5.73 Å². The number of benzene rings is 1.